The van der Waals surface area contributed by atoms with Crippen LogP contribution in [-0.2, 0) is 9.31 Å². The molecule has 1 atom stereocenters. The van der Waals surface area contributed by atoms with Crippen molar-refractivity contribution in [1.29, 1.82) is 5.26 Å². The second-order valence-corrected chi connectivity index (χ2v) is 7.20. The number of nitrogens with zero attached hydrogens (tertiary/aromatic N) is 2. The molecule has 2 aliphatic heterocycles. The highest BCUT2D eigenvalue weighted by atomic mass is 16.7. The molecule has 0 aliphatic carbocycles. The van der Waals surface area contributed by atoms with Crippen LogP contribution in [-0.4, -0.2) is 42.4 Å². The minimum atomic E-state index is -0.498. The Kier molecular flexibility index (Phi) is 4.09. The van der Waals surface area contributed by atoms with E-state index in [1.807, 2.05) is 27.7 Å². The van der Waals surface area contributed by atoms with Crippen molar-refractivity contribution in [2.75, 3.05) is 18.4 Å². The predicted octanol–water partition coefficient (Wildman–Crippen LogP) is 1.03. The van der Waals surface area contributed by atoms with Gasteiger partial charge in [0.1, 0.15) is 11.9 Å². The minimum Gasteiger partial charge on any atom is -0.399 e. The number of nitriles is 1. The molecule has 0 spiro atoms. The minimum absolute atomic E-state index is 0.317. The average Bonchev–Trinajstić information content (AvgIpc) is 3.06. The molecule has 6 nitrogen and oxygen atoms in total. The second kappa shape index (κ2) is 5.79. The zero-order chi connectivity index (χ0) is 16.7. The van der Waals surface area contributed by atoms with Gasteiger partial charge in [-0.1, -0.05) is 0 Å². The molecule has 2 saturated heterocycles. The smallest absolute Gasteiger partial charge is 0.399 e. The number of aromatic nitrogens is 1. The molecule has 0 amide bonds. The fraction of sp³-hybridized carbons (Fsp3) is 0.625. The van der Waals surface area contributed by atoms with Gasteiger partial charge in [-0.2, -0.15) is 5.26 Å². The van der Waals surface area contributed by atoms with Gasteiger partial charge in [-0.15, -0.1) is 0 Å². The molecule has 2 aliphatic rings. The molecule has 7 heteroatoms. The topological polar surface area (TPSA) is 79.2 Å². The molecule has 2 N–H and O–H groups in total. The van der Waals surface area contributed by atoms with E-state index < -0.39 is 18.3 Å². The van der Waals surface area contributed by atoms with E-state index in [4.69, 9.17) is 9.31 Å². The molecular weight excluding hydrogens is 291 g/mol. The second-order valence-electron chi connectivity index (χ2n) is 7.20. The van der Waals surface area contributed by atoms with Crippen LogP contribution in [0, 0.1) is 11.3 Å². The Morgan fingerprint density at radius 2 is 2.04 bits per heavy atom. The molecule has 3 heterocycles. The van der Waals surface area contributed by atoms with E-state index in [-0.39, 0.29) is 0 Å². The van der Waals surface area contributed by atoms with Gasteiger partial charge in [-0.3, -0.25) is 0 Å². The summed E-state index contributed by atoms with van der Waals surface area (Å²) in [4.78, 5) is 4.43. The van der Waals surface area contributed by atoms with Crippen LogP contribution in [0.2, 0.25) is 0 Å². The summed E-state index contributed by atoms with van der Waals surface area (Å²) in [6, 6.07) is 4.34. The lowest BCUT2D eigenvalue weighted by Gasteiger charge is -2.32. The zero-order valence-electron chi connectivity index (χ0n) is 14.1. The fourth-order valence-corrected chi connectivity index (χ4v) is 2.76. The Hall–Kier alpha value is -1.62. The molecule has 0 radical (unpaired) electrons. The van der Waals surface area contributed by atoms with Crippen LogP contribution in [0.3, 0.4) is 0 Å². The highest BCUT2D eigenvalue weighted by molar-refractivity contribution is 6.62. The lowest BCUT2D eigenvalue weighted by molar-refractivity contribution is 0.00578. The lowest BCUT2D eigenvalue weighted by atomic mass is 9.79. The van der Waals surface area contributed by atoms with Crippen LogP contribution >= 0.6 is 0 Å². The zero-order valence-corrected chi connectivity index (χ0v) is 14.1. The van der Waals surface area contributed by atoms with Crippen LogP contribution in [0.1, 0.15) is 39.7 Å². The number of pyridine rings is 1. The highest BCUT2D eigenvalue weighted by Crippen LogP contribution is 2.36. The first-order valence-corrected chi connectivity index (χ1v) is 8.05. The first kappa shape index (κ1) is 16.3. The molecular formula is C16H23BN4O2. The van der Waals surface area contributed by atoms with Crippen LogP contribution in [0.5, 0.6) is 0 Å². The van der Waals surface area contributed by atoms with Crippen LogP contribution in [0.25, 0.3) is 0 Å². The number of anilines is 1. The largest absolute Gasteiger partial charge is 0.496 e. The van der Waals surface area contributed by atoms with Gasteiger partial charge < -0.3 is 19.9 Å². The van der Waals surface area contributed by atoms with E-state index in [0.717, 1.165) is 25.0 Å². The van der Waals surface area contributed by atoms with E-state index in [9.17, 15) is 5.26 Å². The molecule has 3 rings (SSSR count). The van der Waals surface area contributed by atoms with Gasteiger partial charge in [0.2, 0.25) is 0 Å². The van der Waals surface area contributed by atoms with E-state index in [1.54, 1.807) is 12.3 Å². The summed E-state index contributed by atoms with van der Waals surface area (Å²) in [6.07, 6.45) is 2.76. The maximum absolute atomic E-state index is 9.44. The van der Waals surface area contributed by atoms with E-state index in [0.29, 0.717) is 17.4 Å². The Balaban J connectivity index is 1.81. The molecule has 0 unspecified atom stereocenters. The normalized spacial score (nSPS) is 25.3. The Morgan fingerprint density at radius 1 is 1.35 bits per heavy atom. The van der Waals surface area contributed by atoms with Crippen molar-refractivity contribution in [3.8, 4) is 6.07 Å². The summed E-state index contributed by atoms with van der Waals surface area (Å²) in [7, 11) is -0.498. The molecule has 1 aromatic rings. The quantitative estimate of drug-likeness (QED) is 0.811. The third-order valence-electron chi connectivity index (χ3n) is 4.96. The van der Waals surface area contributed by atoms with E-state index in [2.05, 4.69) is 21.7 Å². The summed E-state index contributed by atoms with van der Waals surface area (Å²) < 4.78 is 12.0. The average molecular weight is 314 g/mol. The number of nitrogens with one attached hydrogen (secondary N) is 2. The number of hydrogen-bond acceptors (Lipinski definition) is 6. The van der Waals surface area contributed by atoms with Crippen molar-refractivity contribution < 1.29 is 9.31 Å². The monoisotopic (exact) mass is 314 g/mol. The molecule has 2 fully saturated rings. The van der Waals surface area contributed by atoms with Gasteiger partial charge in [-0.05, 0) is 46.7 Å². The Bertz CT molecular complexity index is 619. The lowest BCUT2D eigenvalue weighted by Crippen LogP contribution is -2.41. The summed E-state index contributed by atoms with van der Waals surface area (Å²) in [5.74, 6) is 0.626. The number of hydrogen-bond donors (Lipinski definition) is 2. The molecule has 0 saturated carbocycles. The van der Waals surface area contributed by atoms with E-state index >= 15 is 0 Å². The molecule has 0 aromatic carbocycles. The molecule has 1 aromatic heterocycles. The Morgan fingerprint density at radius 3 is 2.61 bits per heavy atom. The Labute approximate surface area is 137 Å². The van der Waals surface area contributed by atoms with Crippen LogP contribution < -0.4 is 16.1 Å². The summed E-state index contributed by atoms with van der Waals surface area (Å²) >= 11 is 0. The van der Waals surface area contributed by atoms with Crippen molar-refractivity contribution in [2.24, 2.45) is 0 Å². The van der Waals surface area contributed by atoms with Gasteiger partial charge in [0.05, 0.1) is 16.8 Å². The van der Waals surface area contributed by atoms with Crippen molar-refractivity contribution in [3.05, 3.63) is 17.8 Å². The first-order valence-electron chi connectivity index (χ1n) is 8.05. The summed E-state index contributed by atoms with van der Waals surface area (Å²) in [5.41, 5.74) is 0.479. The third-order valence-corrected chi connectivity index (χ3v) is 4.96. The predicted molar refractivity (Wildman–Crippen MR) is 89.6 cm³/mol. The van der Waals surface area contributed by atoms with Gasteiger partial charge in [0, 0.05) is 24.2 Å². The van der Waals surface area contributed by atoms with Crippen molar-refractivity contribution in [3.63, 3.8) is 0 Å². The van der Waals surface area contributed by atoms with Gasteiger partial charge >= 0.3 is 7.12 Å². The number of rotatable bonds is 3. The standard InChI is InChI=1S/C16H23BN4O2/c1-15(2)16(3,4)23-17(22-15)12-7-11(8-18)14(20-9-12)21-13-5-6-19-10-13/h7,9,13,19H,5-6,10H2,1-4H3,(H,20,21)/t13-/m0/s1. The van der Waals surface area contributed by atoms with E-state index in [1.165, 1.54) is 0 Å². The summed E-state index contributed by atoms with van der Waals surface area (Å²) in [5, 5.41) is 16.1. The SMILES string of the molecule is CC1(C)OB(c2cnc(N[C@H]3CCNC3)c(C#N)c2)OC1(C)C. The fourth-order valence-electron chi connectivity index (χ4n) is 2.76. The first-order chi connectivity index (χ1) is 10.8. The van der Waals surface area contributed by atoms with Gasteiger partial charge in [-0.25, -0.2) is 4.98 Å². The highest BCUT2D eigenvalue weighted by Gasteiger charge is 2.51. The van der Waals surface area contributed by atoms with Gasteiger partial charge in [0.25, 0.3) is 0 Å². The van der Waals surface area contributed by atoms with Crippen LogP contribution in [0.4, 0.5) is 5.82 Å². The van der Waals surface area contributed by atoms with Crippen LogP contribution in [0.15, 0.2) is 12.3 Å². The van der Waals surface area contributed by atoms with Crippen molar-refractivity contribution in [2.45, 2.75) is 51.4 Å². The summed E-state index contributed by atoms with van der Waals surface area (Å²) in [6.45, 7) is 9.92. The molecule has 0 bridgehead atoms. The van der Waals surface area contributed by atoms with Crippen molar-refractivity contribution >= 4 is 18.4 Å². The third kappa shape index (κ3) is 3.07. The molecule has 122 valence electrons. The van der Waals surface area contributed by atoms with Crippen molar-refractivity contribution in [1.82, 2.24) is 10.3 Å². The maximum Gasteiger partial charge on any atom is 0.496 e. The maximum atomic E-state index is 9.44. The van der Waals surface area contributed by atoms with Gasteiger partial charge in [0.15, 0.2) is 0 Å². The molecule has 23 heavy (non-hydrogen) atoms.